The van der Waals surface area contributed by atoms with Gasteiger partial charge in [0.1, 0.15) is 5.02 Å². The van der Waals surface area contributed by atoms with Crippen LogP contribution in [0.25, 0.3) is 5.82 Å². The van der Waals surface area contributed by atoms with E-state index in [9.17, 15) is 18.0 Å². The second kappa shape index (κ2) is 7.32. The molecule has 0 bridgehead atoms. The number of hydrogen-bond acceptors (Lipinski definition) is 5. The van der Waals surface area contributed by atoms with Crippen molar-refractivity contribution in [3.8, 4) is 5.82 Å². The lowest BCUT2D eigenvalue weighted by Crippen LogP contribution is -2.26. The third kappa shape index (κ3) is 3.98. The summed E-state index contributed by atoms with van der Waals surface area (Å²) >= 11 is 7.80. The summed E-state index contributed by atoms with van der Waals surface area (Å²) in [6.45, 7) is 2.54. The molecule has 0 spiro atoms. The predicted molar refractivity (Wildman–Crippen MR) is 98.8 cm³/mol. The number of rotatable bonds is 4. The minimum atomic E-state index is -4.51. The van der Waals surface area contributed by atoms with E-state index < -0.39 is 17.3 Å². The first-order valence-electron chi connectivity index (χ1n) is 7.74. The summed E-state index contributed by atoms with van der Waals surface area (Å²) in [4.78, 5) is 19.1. The molecule has 0 aliphatic carbocycles. The number of aryl methyl sites for hydroxylation is 1. The lowest BCUT2D eigenvalue weighted by Gasteiger charge is -2.20. The van der Waals surface area contributed by atoms with E-state index in [0.29, 0.717) is 18.4 Å². The molecule has 0 unspecified atom stereocenters. The van der Waals surface area contributed by atoms with Gasteiger partial charge in [0.05, 0.1) is 24.0 Å². The molecule has 0 aromatic carbocycles. The molecule has 0 saturated heterocycles. The van der Waals surface area contributed by atoms with E-state index in [1.54, 1.807) is 23.3 Å². The topological polar surface area (TPSA) is 51.0 Å². The number of nitrogens with zero attached hydrogens (tertiary/aromatic N) is 4. The standard InChI is InChI=1S/C17H14ClF3N4OS/c1-10-5-6-27-13(10)9-24(2)12-8-23-25(16(26)15(12)18)14-4-3-11(7-22-14)17(19,20)21/h3-8H,9H2,1-2H3. The molecule has 0 amide bonds. The van der Waals surface area contributed by atoms with Crippen molar-refractivity contribution in [1.82, 2.24) is 14.8 Å². The third-order valence-corrected chi connectivity index (χ3v) is 5.32. The molecule has 142 valence electrons. The normalized spacial score (nSPS) is 11.6. The highest BCUT2D eigenvalue weighted by atomic mass is 35.5. The van der Waals surface area contributed by atoms with E-state index in [1.807, 2.05) is 18.4 Å². The molecule has 3 aromatic rings. The molecule has 3 aromatic heterocycles. The molecule has 3 rings (SSSR count). The van der Waals surface area contributed by atoms with Crippen LogP contribution in [0.2, 0.25) is 5.02 Å². The van der Waals surface area contributed by atoms with Crippen LogP contribution in [0.5, 0.6) is 0 Å². The zero-order chi connectivity index (χ0) is 19.8. The maximum absolute atomic E-state index is 12.6. The van der Waals surface area contributed by atoms with Gasteiger partial charge in [-0.3, -0.25) is 4.79 Å². The Morgan fingerprint density at radius 3 is 2.56 bits per heavy atom. The number of pyridine rings is 1. The SMILES string of the molecule is Cc1ccsc1CN(C)c1cnn(-c2ccc(C(F)(F)F)cn2)c(=O)c1Cl. The van der Waals surface area contributed by atoms with Gasteiger partial charge in [0, 0.05) is 18.1 Å². The van der Waals surface area contributed by atoms with Crippen LogP contribution >= 0.6 is 22.9 Å². The first kappa shape index (κ1) is 19.4. The maximum atomic E-state index is 12.6. The van der Waals surface area contributed by atoms with Crippen molar-refractivity contribution >= 4 is 28.6 Å². The molecule has 5 nitrogen and oxygen atoms in total. The van der Waals surface area contributed by atoms with Gasteiger partial charge in [-0.1, -0.05) is 11.6 Å². The fourth-order valence-corrected chi connectivity index (χ4v) is 3.63. The van der Waals surface area contributed by atoms with Gasteiger partial charge in [-0.15, -0.1) is 11.3 Å². The Hall–Kier alpha value is -2.39. The first-order chi connectivity index (χ1) is 12.7. The Kier molecular flexibility index (Phi) is 5.25. The summed E-state index contributed by atoms with van der Waals surface area (Å²) in [7, 11) is 1.78. The fraction of sp³-hybridized carbons (Fsp3) is 0.235. The lowest BCUT2D eigenvalue weighted by atomic mass is 10.2. The molecular formula is C17H14ClF3N4OS. The molecule has 0 fully saturated rings. The largest absolute Gasteiger partial charge is 0.417 e. The molecule has 0 N–H and O–H groups in total. The number of hydrogen-bond donors (Lipinski definition) is 0. The van der Waals surface area contributed by atoms with Crippen LogP contribution in [0.1, 0.15) is 16.0 Å². The number of anilines is 1. The van der Waals surface area contributed by atoms with Gasteiger partial charge in [0.15, 0.2) is 5.82 Å². The van der Waals surface area contributed by atoms with E-state index in [0.717, 1.165) is 27.3 Å². The minimum Gasteiger partial charge on any atom is -0.367 e. The quantitative estimate of drug-likeness (QED) is 0.638. The van der Waals surface area contributed by atoms with Gasteiger partial charge >= 0.3 is 6.18 Å². The van der Waals surface area contributed by atoms with Gasteiger partial charge in [-0.2, -0.15) is 23.0 Å². The Labute approximate surface area is 161 Å². The summed E-state index contributed by atoms with van der Waals surface area (Å²) in [5.74, 6) is -0.0433. The molecule has 10 heteroatoms. The van der Waals surface area contributed by atoms with Crippen LogP contribution in [0, 0.1) is 6.92 Å². The second-order valence-corrected chi connectivity index (χ2v) is 7.23. The van der Waals surface area contributed by atoms with E-state index in [4.69, 9.17) is 11.6 Å². The van der Waals surface area contributed by atoms with Gasteiger partial charge in [-0.25, -0.2) is 4.98 Å². The molecule has 0 radical (unpaired) electrons. The minimum absolute atomic E-state index is 0.0433. The Morgan fingerprint density at radius 2 is 2.00 bits per heavy atom. The van der Waals surface area contributed by atoms with Crippen molar-refractivity contribution < 1.29 is 13.2 Å². The van der Waals surface area contributed by atoms with E-state index in [2.05, 4.69) is 10.1 Å². The van der Waals surface area contributed by atoms with Gasteiger partial charge in [0.2, 0.25) is 0 Å². The van der Waals surface area contributed by atoms with E-state index >= 15 is 0 Å². The van der Waals surface area contributed by atoms with Gasteiger partial charge in [-0.05, 0) is 36.1 Å². The highest BCUT2D eigenvalue weighted by Gasteiger charge is 2.30. The molecule has 0 saturated carbocycles. The maximum Gasteiger partial charge on any atom is 0.417 e. The number of thiophene rings is 1. The van der Waals surface area contributed by atoms with Crippen LogP contribution < -0.4 is 10.5 Å². The summed E-state index contributed by atoms with van der Waals surface area (Å²) in [5, 5.41) is 5.91. The van der Waals surface area contributed by atoms with Gasteiger partial charge < -0.3 is 4.90 Å². The zero-order valence-corrected chi connectivity index (χ0v) is 15.9. The highest BCUT2D eigenvalue weighted by Crippen LogP contribution is 2.29. The predicted octanol–water partition coefficient (Wildman–Crippen LogP) is 4.31. The second-order valence-electron chi connectivity index (χ2n) is 5.85. The number of alkyl halides is 3. The Bertz CT molecular complexity index is 1010. The molecule has 27 heavy (non-hydrogen) atoms. The van der Waals surface area contributed by atoms with Crippen molar-refractivity contribution in [3.63, 3.8) is 0 Å². The number of aromatic nitrogens is 3. The summed E-state index contributed by atoms with van der Waals surface area (Å²) < 4.78 is 38.8. The molecular weight excluding hydrogens is 401 g/mol. The van der Waals surface area contributed by atoms with Crippen LogP contribution in [0.3, 0.4) is 0 Å². The molecule has 0 aliphatic rings. The first-order valence-corrected chi connectivity index (χ1v) is 9.00. The van der Waals surface area contributed by atoms with E-state index in [1.165, 1.54) is 6.20 Å². The Balaban J connectivity index is 1.91. The van der Waals surface area contributed by atoms with E-state index in [-0.39, 0.29) is 10.8 Å². The average Bonchev–Trinajstić information content (AvgIpc) is 3.01. The zero-order valence-electron chi connectivity index (χ0n) is 14.3. The van der Waals surface area contributed by atoms with Crippen molar-refractivity contribution in [2.75, 3.05) is 11.9 Å². The lowest BCUT2D eigenvalue weighted by molar-refractivity contribution is -0.137. The average molecular weight is 415 g/mol. The highest BCUT2D eigenvalue weighted by molar-refractivity contribution is 7.10. The summed E-state index contributed by atoms with van der Waals surface area (Å²) in [6, 6.07) is 3.91. The van der Waals surface area contributed by atoms with Crippen LogP contribution in [-0.4, -0.2) is 21.8 Å². The van der Waals surface area contributed by atoms with Crippen molar-refractivity contribution in [2.45, 2.75) is 19.6 Å². The summed E-state index contributed by atoms with van der Waals surface area (Å²) in [5.41, 5.74) is 0.0000930. The Morgan fingerprint density at radius 1 is 1.26 bits per heavy atom. The van der Waals surface area contributed by atoms with Crippen molar-refractivity contribution in [2.24, 2.45) is 0 Å². The van der Waals surface area contributed by atoms with Crippen molar-refractivity contribution in [3.05, 3.63) is 67.4 Å². The van der Waals surface area contributed by atoms with Crippen LogP contribution in [-0.2, 0) is 12.7 Å². The van der Waals surface area contributed by atoms with Crippen LogP contribution in [0.15, 0.2) is 40.8 Å². The molecule has 3 heterocycles. The monoisotopic (exact) mass is 414 g/mol. The molecule has 0 atom stereocenters. The molecule has 0 aliphatic heterocycles. The smallest absolute Gasteiger partial charge is 0.367 e. The summed E-state index contributed by atoms with van der Waals surface area (Å²) in [6.07, 6.45) is -2.46. The fourth-order valence-electron chi connectivity index (χ4n) is 2.40. The number of halogens is 4. The third-order valence-electron chi connectivity index (χ3n) is 3.95. The van der Waals surface area contributed by atoms with Crippen molar-refractivity contribution in [1.29, 1.82) is 0 Å². The van der Waals surface area contributed by atoms with Crippen LogP contribution in [0.4, 0.5) is 18.9 Å². The van der Waals surface area contributed by atoms with Gasteiger partial charge in [0.25, 0.3) is 5.56 Å².